The monoisotopic (exact) mass is 200 g/mol. The lowest BCUT2D eigenvalue weighted by Gasteiger charge is -2.01. The van der Waals surface area contributed by atoms with E-state index in [0.717, 1.165) is 19.3 Å². The van der Waals surface area contributed by atoms with Crippen molar-refractivity contribution in [2.45, 2.75) is 13.0 Å². The van der Waals surface area contributed by atoms with Gasteiger partial charge in [0.1, 0.15) is 0 Å². The van der Waals surface area contributed by atoms with Crippen molar-refractivity contribution in [2.24, 2.45) is 0 Å². The van der Waals surface area contributed by atoms with E-state index in [9.17, 15) is 4.79 Å². The van der Waals surface area contributed by atoms with E-state index >= 15 is 0 Å². The van der Waals surface area contributed by atoms with Gasteiger partial charge in [-0.3, -0.25) is 9.48 Å². The van der Waals surface area contributed by atoms with Gasteiger partial charge < -0.3 is 0 Å². The molecule has 76 valence electrons. The van der Waals surface area contributed by atoms with Crippen LogP contribution in [-0.2, 0) is 13.0 Å². The van der Waals surface area contributed by atoms with Crippen LogP contribution in [0.5, 0.6) is 0 Å². The van der Waals surface area contributed by atoms with Gasteiger partial charge in [0.05, 0.1) is 11.8 Å². The average molecular weight is 200 g/mol. The zero-order chi connectivity index (χ0) is 10.5. The first kappa shape index (κ1) is 9.65. The predicted octanol–water partition coefficient (Wildman–Crippen LogP) is 1.94. The van der Waals surface area contributed by atoms with Gasteiger partial charge in [-0.15, -0.1) is 0 Å². The van der Waals surface area contributed by atoms with Crippen LogP contribution >= 0.6 is 0 Å². The lowest BCUT2D eigenvalue weighted by Crippen LogP contribution is -2.01. The summed E-state index contributed by atoms with van der Waals surface area (Å²) in [6.45, 7) is 0.803. The van der Waals surface area contributed by atoms with Crippen molar-refractivity contribution in [3.05, 3.63) is 53.9 Å². The number of benzene rings is 1. The molecule has 0 aliphatic carbocycles. The molecule has 0 saturated carbocycles. The van der Waals surface area contributed by atoms with Crippen molar-refractivity contribution < 1.29 is 4.79 Å². The predicted molar refractivity (Wildman–Crippen MR) is 57.8 cm³/mol. The molecular weight excluding hydrogens is 188 g/mol. The highest BCUT2D eigenvalue weighted by Gasteiger charge is 1.97. The molecular formula is C12H12N2O. The van der Waals surface area contributed by atoms with Crippen LogP contribution in [-0.4, -0.2) is 16.1 Å². The van der Waals surface area contributed by atoms with E-state index in [2.05, 4.69) is 17.2 Å². The summed E-state index contributed by atoms with van der Waals surface area (Å²) in [5.74, 6) is 0. The van der Waals surface area contributed by atoms with E-state index < -0.39 is 0 Å². The van der Waals surface area contributed by atoms with Gasteiger partial charge in [-0.1, -0.05) is 30.3 Å². The molecule has 0 N–H and O–H groups in total. The highest BCUT2D eigenvalue weighted by molar-refractivity contribution is 5.73. The molecule has 0 bridgehead atoms. The van der Waals surface area contributed by atoms with Crippen molar-refractivity contribution in [1.82, 2.24) is 9.78 Å². The van der Waals surface area contributed by atoms with Crippen LogP contribution in [0.1, 0.15) is 15.9 Å². The number of hydrogen-bond acceptors (Lipinski definition) is 2. The number of carbonyl (C=O) groups is 1. The third kappa shape index (κ3) is 2.53. The topological polar surface area (TPSA) is 34.9 Å². The first-order valence-electron chi connectivity index (χ1n) is 4.90. The van der Waals surface area contributed by atoms with Gasteiger partial charge in [0.2, 0.25) is 0 Å². The number of aldehydes is 1. The molecule has 0 aliphatic heterocycles. The van der Waals surface area contributed by atoms with Crippen LogP contribution in [0.25, 0.3) is 0 Å². The van der Waals surface area contributed by atoms with E-state index in [1.165, 1.54) is 5.56 Å². The number of hydrogen-bond donors (Lipinski definition) is 0. The molecule has 1 heterocycles. The second-order valence-corrected chi connectivity index (χ2v) is 3.39. The lowest BCUT2D eigenvalue weighted by molar-refractivity contribution is 0.112. The molecule has 3 heteroatoms. The molecule has 0 spiro atoms. The van der Waals surface area contributed by atoms with Crippen molar-refractivity contribution >= 4 is 6.29 Å². The summed E-state index contributed by atoms with van der Waals surface area (Å²) in [7, 11) is 0. The van der Waals surface area contributed by atoms with Crippen molar-refractivity contribution in [1.29, 1.82) is 0 Å². The lowest BCUT2D eigenvalue weighted by atomic mass is 10.1. The smallest absolute Gasteiger partial charge is 0.153 e. The summed E-state index contributed by atoms with van der Waals surface area (Å²) >= 11 is 0. The molecule has 0 unspecified atom stereocenters. The molecule has 0 fully saturated rings. The fourth-order valence-corrected chi connectivity index (χ4v) is 1.45. The highest BCUT2D eigenvalue weighted by Crippen LogP contribution is 2.02. The van der Waals surface area contributed by atoms with Crippen LogP contribution in [0.2, 0.25) is 0 Å². The zero-order valence-electron chi connectivity index (χ0n) is 8.34. The molecule has 2 aromatic rings. The van der Waals surface area contributed by atoms with Crippen LogP contribution in [0.4, 0.5) is 0 Å². The molecule has 1 aromatic heterocycles. The molecule has 15 heavy (non-hydrogen) atoms. The van der Waals surface area contributed by atoms with E-state index in [-0.39, 0.29) is 0 Å². The molecule has 2 rings (SSSR count). The van der Waals surface area contributed by atoms with Crippen LogP contribution in [0.15, 0.2) is 42.7 Å². The second kappa shape index (κ2) is 4.55. The first-order valence-corrected chi connectivity index (χ1v) is 4.90. The summed E-state index contributed by atoms with van der Waals surface area (Å²) in [6.07, 6.45) is 5.08. The Balaban J connectivity index is 1.96. The van der Waals surface area contributed by atoms with Gasteiger partial charge in [-0.2, -0.15) is 5.10 Å². The number of nitrogens with zero attached hydrogens (tertiary/aromatic N) is 2. The Morgan fingerprint density at radius 2 is 2.07 bits per heavy atom. The molecule has 0 radical (unpaired) electrons. The van der Waals surface area contributed by atoms with Crippen molar-refractivity contribution in [3.63, 3.8) is 0 Å². The number of carbonyl (C=O) groups excluding carboxylic acids is 1. The Bertz CT molecular complexity index is 434. The third-order valence-corrected chi connectivity index (χ3v) is 2.26. The minimum atomic E-state index is 0.628. The van der Waals surface area contributed by atoms with Gasteiger partial charge >= 0.3 is 0 Å². The SMILES string of the molecule is O=Cc1cnn(CCc2ccccc2)c1. The summed E-state index contributed by atoms with van der Waals surface area (Å²) in [6, 6.07) is 10.2. The van der Waals surface area contributed by atoms with Crippen LogP contribution in [0.3, 0.4) is 0 Å². The Labute approximate surface area is 88.4 Å². The van der Waals surface area contributed by atoms with E-state index in [1.807, 2.05) is 18.2 Å². The number of aryl methyl sites for hydroxylation is 2. The van der Waals surface area contributed by atoms with Gasteiger partial charge in [-0.25, -0.2) is 0 Å². The Morgan fingerprint density at radius 3 is 2.73 bits per heavy atom. The van der Waals surface area contributed by atoms with Crippen LogP contribution in [0, 0.1) is 0 Å². The van der Waals surface area contributed by atoms with E-state index in [1.54, 1.807) is 17.1 Å². The van der Waals surface area contributed by atoms with Gasteiger partial charge in [0.15, 0.2) is 6.29 Å². The zero-order valence-corrected chi connectivity index (χ0v) is 8.34. The van der Waals surface area contributed by atoms with Crippen molar-refractivity contribution in [3.8, 4) is 0 Å². The minimum absolute atomic E-state index is 0.628. The van der Waals surface area contributed by atoms with Crippen molar-refractivity contribution in [2.75, 3.05) is 0 Å². The Morgan fingerprint density at radius 1 is 1.27 bits per heavy atom. The standard InChI is InChI=1S/C12H12N2O/c15-10-12-8-13-14(9-12)7-6-11-4-2-1-3-5-11/h1-5,8-10H,6-7H2. The third-order valence-electron chi connectivity index (χ3n) is 2.26. The maximum atomic E-state index is 10.4. The van der Waals surface area contributed by atoms with E-state index in [0.29, 0.717) is 5.56 Å². The quantitative estimate of drug-likeness (QED) is 0.707. The average Bonchev–Trinajstić information content (AvgIpc) is 2.76. The fourth-order valence-electron chi connectivity index (χ4n) is 1.45. The minimum Gasteiger partial charge on any atom is -0.298 e. The van der Waals surface area contributed by atoms with E-state index in [4.69, 9.17) is 0 Å². The van der Waals surface area contributed by atoms with Gasteiger partial charge in [0.25, 0.3) is 0 Å². The van der Waals surface area contributed by atoms with Gasteiger partial charge in [-0.05, 0) is 12.0 Å². The number of aromatic nitrogens is 2. The highest BCUT2D eigenvalue weighted by atomic mass is 16.1. The van der Waals surface area contributed by atoms with Crippen LogP contribution < -0.4 is 0 Å². The molecule has 0 atom stereocenters. The second-order valence-electron chi connectivity index (χ2n) is 3.39. The summed E-state index contributed by atoms with van der Waals surface area (Å²) in [4.78, 5) is 10.4. The molecule has 3 nitrogen and oxygen atoms in total. The Hall–Kier alpha value is -1.90. The van der Waals surface area contributed by atoms with Gasteiger partial charge in [0, 0.05) is 12.7 Å². The molecule has 0 amide bonds. The molecule has 1 aromatic carbocycles. The molecule has 0 aliphatic rings. The normalized spacial score (nSPS) is 10.1. The largest absolute Gasteiger partial charge is 0.298 e. The summed E-state index contributed by atoms with van der Waals surface area (Å²) < 4.78 is 1.79. The maximum absolute atomic E-state index is 10.4. The fraction of sp³-hybridized carbons (Fsp3) is 0.167. The Kier molecular flexibility index (Phi) is 2.93. The molecule has 0 saturated heterocycles. The number of rotatable bonds is 4. The summed E-state index contributed by atoms with van der Waals surface area (Å²) in [5, 5.41) is 4.09. The maximum Gasteiger partial charge on any atom is 0.153 e. The first-order chi connectivity index (χ1) is 7.38. The summed E-state index contributed by atoms with van der Waals surface area (Å²) in [5.41, 5.74) is 1.91.